The summed E-state index contributed by atoms with van der Waals surface area (Å²) in [5, 5.41) is 0. The molecule has 0 spiro atoms. The second-order valence-corrected chi connectivity index (χ2v) is 4.34. The minimum atomic E-state index is 0.271. The zero-order valence-corrected chi connectivity index (χ0v) is 9.42. The van der Waals surface area contributed by atoms with Crippen LogP contribution in [0.4, 0.5) is 5.69 Å². The maximum atomic E-state index is 10.9. The van der Waals surface area contributed by atoms with E-state index in [-0.39, 0.29) is 5.78 Å². The number of fused-ring (bicyclic) bond motifs is 1. The predicted octanol–water partition coefficient (Wildman–Crippen LogP) is 2.20. The second-order valence-electron chi connectivity index (χ2n) is 4.34. The molecule has 0 aliphatic carbocycles. The first-order chi connectivity index (χ1) is 7.16. The minimum Gasteiger partial charge on any atom is -0.374 e. The van der Waals surface area contributed by atoms with Gasteiger partial charge in [-0.25, -0.2) is 0 Å². The molecule has 0 aromatic heterocycles. The summed E-state index contributed by atoms with van der Waals surface area (Å²) < 4.78 is 0. The van der Waals surface area contributed by atoms with E-state index in [4.69, 9.17) is 0 Å². The van der Waals surface area contributed by atoms with Gasteiger partial charge in [-0.1, -0.05) is 12.1 Å². The van der Waals surface area contributed by atoms with Crippen LogP contribution in [0.3, 0.4) is 0 Å². The Bertz CT molecular complexity index is 384. The summed E-state index contributed by atoms with van der Waals surface area (Å²) in [6.07, 6.45) is 2.68. The fourth-order valence-corrected chi connectivity index (χ4v) is 2.10. The normalized spacial score (nSPS) is 14.1. The van der Waals surface area contributed by atoms with Crippen molar-refractivity contribution < 1.29 is 4.79 Å². The Morgan fingerprint density at radius 2 is 2.27 bits per heavy atom. The molecule has 2 rings (SSSR count). The number of likely N-dealkylation sites (N-methyl/N-ethyl adjacent to an activating group) is 1. The molecule has 0 bridgehead atoms. The molecule has 2 nitrogen and oxygen atoms in total. The van der Waals surface area contributed by atoms with Gasteiger partial charge in [-0.3, -0.25) is 0 Å². The standard InChI is InChI=1S/C13H17NO/c1-10(15)3-4-11-5-6-13-12(9-11)7-8-14(13)2/h5-6,9H,3-4,7-8H2,1-2H3. The van der Waals surface area contributed by atoms with Gasteiger partial charge in [-0.2, -0.15) is 0 Å². The van der Waals surface area contributed by atoms with Gasteiger partial charge in [-0.05, 0) is 37.0 Å². The van der Waals surface area contributed by atoms with Crippen molar-refractivity contribution in [3.05, 3.63) is 29.3 Å². The second kappa shape index (κ2) is 4.05. The molecule has 0 atom stereocenters. The summed E-state index contributed by atoms with van der Waals surface area (Å²) in [4.78, 5) is 13.2. The number of anilines is 1. The number of aryl methyl sites for hydroxylation is 1. The van der Waals surface area contributed by atoms with E-state index in [1.165, 1.54) is 16.8 Å². The van der Waals surface area contributed by atoms with Crippen molar-refractivity contribution in [2.24, 2.45) is 0 Å². The molecule has 80 valence electrons. The van der Waals surface area contributed by atoms with Gasteiger partial charge in [0.15, 0.2) is 0 Å². The van der Waals surface area contributed by atoms with Crippen LogP contribution < -0.4 is 4.90 Å². The molecular formula is C13H17NO. The molecule has 1 aromatic rings. The fourth-order valence-electron chi connectivity index (χ4n) is 2.10. The first kappa shape index (κ1) is 10.2. The third-order valence-electron chi connectivity index (χ3n) is 3.04. The van der Waals surface area contributed by atoms with E-state index >= 15 is 0 Å². The molecule has 1 aliphatic rings. The number of carbonyl (C=O) groups is 1. The summed E-state index contributed by atoms with van der Waals surface area (Å²) in [6.45, 7) is 2.77. The number of carbonyl (C=O) groups excluding carboxylic acids is 1. The lowest BCUT2D eigenvalue weighted by atomic mass is 10.0. The number of hydrogen-bond acceptors (Lipinski definition) is 2. The first-order valence-electron chi connectivity index (χ1n) is 5.49. The number of nitrogens with zero attached hydrogens (tertiary/aromatic N) is 1. The van der Waals surface area contributed by atoms with Crippen molar-refractivity contribution in [1.82, 2.24) is 0 Å². The molecule has 0 saturated heterocycles. The third kappa shape index (κ3) is 2.20. The maximum absolute atomic E-state index is 10.9. The van der Waals surface area contributed by atoms with E-state index < -0.39 is 0 Å². The molecule has 1 aliphatic heterocycles. The topological polar surface area (TPSA) is 20.3 Å². The highest BCUT2D eigenvalue weighted by atomic mass is 16.1. The number of rotatable bonds is 3. The summed E-state index contributed by atoms with van der Waals surface area (Å²) >= 11 is 0. The van der Waals surface area contributed by atoms with Crippen LogP contribution in [-0.4, -0.2) is 19.4 Å². The molecule has 15 heavy (non-hydrogen) atoms. The van der Waals surface area contributed by atoms with Crippen LogP contribution in [0.5, 0.6) is 0 Å². The zero-order chi connectivity index (χ0) is 10.8. The molecule has 0 saturated carbocycles. The Kier molecular flexibility index (Phi) is 2.76. The smallest absolute Gasteiger partial charge is 0.130 e. The van der Waals surface area contributed by atoms with Crippen LogP contribution in [0.2, 0.25) is 0 Å². The largest absolute Gasteiger partial charge is 0.374 e. The predicted molar refractivity (Wildman–Crippen MR) is 62.4 cm³/mol. The van der Waals surface area contributed by atoms with Crippen molar-refractivity contribution in [3.63, 3.8) is 0 Å². The lowest BCUT2D eigenvalue weighted by Gasteiger charge is -2.11. The molecular weight excluding hydrogens is 186 g/mol. The number of Topliss-reactive ketones (excluding diaryl/α,β-unsaturated/α-hetero) is 1. The molecule has 0 unspecified atom stereocenters. The Morgan fingerprint density at radius 3 is 3.00 bits per heavy atom. The van der Waals surface area contributed by atoms with Gasteiger partial charge in [0.05, 0.1) is 0 Å². The Balaban J connectivity index is 2.12. The van der Waals surface area contributed by atoms with E-state index in [2.05, 4.69) is 30.1 Å². The van der Waals surface area contributed by atoms with E-state index in [0.717, 1.165) is 19.4 Å². The molecule has 0 radical (unpaired) electrons. The fraction of sp³-hybridized carbons (Fsp3) is 0.462. The average Bonchev–Trinajstić information content (AvgIpc) is 2.57. The maximum Gasteiger partial charge on any atom is 0.130 e. The summed E-state index contributed by atoms with van der Waals surface area (Å²) in [7, 11) is 2.13. The highest BCUT2D eigenvalue weighted by molar-refractivity contribution is 5.75. The Labute approximate surface area is 90.9 Å². The quantitative estimate of drug-likeness (QED) is 0.750. The average molecular weight is 203 g/mol. The molecule has 2 heteroatoms. The van der Waals surface area contributed by atoms with Crippen molar-refractivity contribution in [2.45, 2.75) is 26.2 Å². The van der Waals surface area contributed by atoms with Gasteiger partial charge in [0.1, 0.15) is 5.78 Å². The summed E-state index contributed by atoms with van der Waals surface area (Å²) in [6, 6.07) is 6.57. The third-order valence-corrected chi connectivity index (χ3v) is 3.04. The zero-order valence-electron chi connectivity index (χ0n) is 9.42. The summed E-state index contributed by atoms with van der Waals surface area (Å²) in [5.41, 5.74) is 4.07. The van der Waals surface area contributed by atoms with Gasteiger partial charge >= 0.3 is 0 Å². The van der Waals surface area contributed by atoms with Gasteiger partial charge in [0.25, 0.3) is 0 Å². The van der Waals surface area contributed by atoms with Crippen LogP contribution in [-0.2, 0) is 17.6 Å². The van der Waals surface area contributed by atoms with E-state index in [1.807, 2.05) is 0 Å². The van der Waals surface area contributed by atoms with Gasteiger partial charge in [-0.15, -0.1) is 0 Å². The van der Waals surface area contributed by atoms with Crippen molar-refractivity contribution in [2.75, 3.05) is 18.5 Å². The number of ketones is 1. The number of benzene rings is 1. The minimum absolute atomic E-state index is 0.271. The monoisotopic (exact) mass is 203 g/mol. The van der Waals surface area contributed by atoms with Crippen molar-refractivity contribution in [3.8, 4) is 0 Å². The van der Waals surface area contributed by atoms with Gasteiger partial charge < -0.3 is 9.69 Å². The van der Waals surface area contributed by atoms with Crippen molar-refractivity contribution >= 4 is 11.5 Å². The van der Waals surface area contributed by atoms with Crippen molar-refractivity contribution in [1.29, 1.82) is 0 Å². The van der Waals surface area contributed by atoms with Crippen LogP contribution in [0.1, 0.15) is 24.5 Å². The lowest BCUT2D eigenvalue weighted by molar-refractivity contribution is -0.116. The van der Waals surface area contributed by atoms with E-state index in [1.54, 1.807) is 6.92 Å². The Morgan fingerprint density at radius 1 is 1.47 bits per heavy atom. The highest BCUT2D eigenvalue weighted by Crippen LogP contribution is 2.27. The van der Waals surface area contributed by atoms with Crippen LogP contribution in [0.25, 0.3) is 0 Å². The van der Waals surface area contributed by atoms with Crippen LogP contribution in [0.15, 0.2) is 18.2 Å². The molecule has 1 aromatic carbocycles. The molecule has 0 amide bonds. The van der Waals surface area contributed by atoms with Crippen LogP contribution in [0, 0.1) is 0 Å². The first-order valence-corrected chi connectivity index (χ1v) is 5.49. The SMILES string of the molecule is CC(=O)CCc1ccc2c(c1)CCN2C. The van der Waals surface area contributed by atoms with Gasteiger partial charge in [0.2, 0.25) is 0 Å². The molecule has 1 heterocycles. The van der Waals surface area contributed by atoms with Gasteiger partial charge in [0, 0.05) is 25.7 Å². The summed E-state index contributed by atoms with van der Waals surface area (Å²) in [5.74, 6) is 0.271. The lowest BCUT2D eigenvalue weighted by Crippen LogP contribution is -2.12. The van der Waals surface area contributed by atoms with Crippen LogP contribution >= 0.6 is 0 Å². The Hall–Kier alpha value is -1.31. The van der Waals surface area contributed by atoms with E-state index in [0.29, 0.717) is 6.42 Å². The highest BCUT2D eigenvalue weighted by Gasteiger charge is 2.15. The number of hydrogen-bond donors (Lipinski definition) is 0. The molecule has 0 fully saturated rings. The molecule has 0 N–H and O–H groups in total. The van der Waals surface area contributed by atoms with E-state index in [9.17, 15) is 4.79 Å².